The summed E-state index contributed by atoms with van der Waals surface area (Å²) in [6.07, 6.45) is 3.34. The van der Waals surface area contributed by atoms with Crippen molar-refractivity contribution in [3.8, 4) is 11.1 Å². The summed E-state index contributed by atoms with van der Waals surface area (Å²) >= 11 is 0. The van der Waals surface area contributed by atoms with Crippen LogP contribution in [-0.4, -0.2) is 15.6 Å². The first kappa shape index (κ1) is 11.4. The molecule has 2 aromatic rings. The van der Waals surface area contributed by atoms with E-state index >= 15 is 0 Å². The average Bonchev–Trinajstić information content (AvgIpc) is 2.74. The maximum atomic E-state index is 12.8. The highest BCUT2D eigenvalue weighted by atomic mass is 19.1. The van der Waals surface area contributed by atoms with Crippen molar-refractivity contribution in [1.82, 2.24) is 4.57 Å². The van der Waals surface area contributed by atoms with Crippen LogP contribution in [0.4, 0.5) is 4.39 Å². The van der Waals surface area contributed by atoms with Crippen molar-refractivity contribution in [2.24, 2.45) is 0 Å². The predicted molar refractivity (Wildman–Crippen MR) is 62.5 cm³/mol. The molecular weight excluding hydrogens is 221 g/mol. The molecule has 0 spiro atoms. The van der Waals surface area contributed by atoms with Crippen LogP contribution in [0.2, 0.25) is 0 Å². The molecule has 0 atom stereocenters. The van der Waals surface area contributed by atoms with Gasteiger partial charge in [0.25, 0.3) is 0 Å². The first-order valence-corrected chi connectivity index (χ1v) is 5.31. The Morgan fingerprint density at radius 3 is 2.47 bits per heavy atom. The number of aromatic carboxylic acids is 1. The average molecular weight is 233 g/mol. The molecule has 0 aliphatic carbocycles. The van der Waals surface area contributed by atoms with Crippen LogP contribution < -0.4 is 0 Å². The minimum atomic E-state index is -0.975. The summed E-state index contributed by atoms with van der Waals surface area (Å²) in [5.74, 6) is -1.31. The first-order valence-electron chi connectivity index (χ1n) is 5.31. The normalized spacial score (nSPS) is 10.5. The molecule has 1 aromatic heterocycles. The Bertz CT molecular complexity index is 543. The molecule has 88 valence electrons. The van der Waals surface area contributed by atoms with Gasteiger partial charge >= 0.3 is 5.97 Å². The minimum Gasteiger partial charge on any atom is -0.478 e. The van der Waals surface area contributed by atoms with Crippen LogP contribution in [0.25, 0.3) is 11.1 Å². The smallest absolute Gasteiger partial charge is 0.337 e. The summed E-state index contributed by atoms with van der Waals surface area (Å²) in [5, 5.41) is 9.10. The third-order valence-electron chi connectivity index (χ3n) is 2.63. The second-order valence-electron chi connectivity index (χ2n) is 3.73. The number of hydrogen-bond donors (Lipinski definition) is 1. The van der Waals surface area contributed by atoms with E-state index in [2.05, 4.69) is 0 Å². The number of carbonyl (C=O) groups is 1. The Morgan fingerprint density at radius 1 is 1.29 bits per heavy atom. The van der Waals surface area contributed by atoms with E-state index in [-0.39, 0.29) is 11.4 Å². The van der Waals surface area contributed by atoms with Crippen molar-refractivity contribution >= 4 is 5.97 Å². The standard InChI is InChI=1S/C13H12FNO2/c1-2-15-7-11(12(8-15)13(16)17)9-3-5-10(14)6-4-9/h3-8H,2H2,1H3,(H,16,17). The number of aromatic nitrogens is 1. The lowest BCUT2D eigenvalue weighted by Crippen LogP contribution is -1.96. The molecule has 0 aliphatic heterocycles. The van der Waals surface area contributed by atoms with Gasteiger partial charge in [-0.1, -0.05) is 12.1 Å². The first-order chi connectivity index (χ1) is 8.11. The van der Waals surface area contributed by atoms with E-state index in [4.69, 9.17) is 5.11 Å². The maximum absolute atomic E-state index is 12.8. The number of carboxylic acid groups (broad SMARTS) is 1. The van der Waals surface area contributed by atoms with Gasteiger partial charge in [-0.15, -0.1) is 0 Å². The monoisotopic (exact) mass is 233 g/mol. The van der Waals surface area contributed by atoms with Crippen LogP contribution in [0.5, 0.6) is 0 Å². The number of rotatable bonds is 3. The fourth-order valence-electron chi connectivity index (χ4n) is 1.72. The van der Waals surface area contributed by atoms with Crippen LogP contribution in [0, 0.1) is 5.82 Å². The Balaban J connectivity index is 2.53. The molecule has 17 heavy (non-hydrogen) atoms. The zero-order chi connectivity index (χ0) is 12.4. The Kier molecular flexibility index (Phi) is 2.95. The number of halogens is 1. The quantitative estimate of drug-likeness (QED) is 0.885. The summed E-state index contributed by atoms with van der Waals surface area (Å²) in [5.41, 5.74) is 1.55. The highest BCUT2D eigenvalue weighted by Gasteiger charge is 2.14. The third kappa shape index (κ3) is 2.20. The fourth-order valence-corrected chi connectivity index (χ4v) is 1.72. The summed E-state index contributed by atoms with van der Waals surface area (Å²) in [6, 6.07) is 5.81. The van der Waals surface area contributed by atoms with Gasteiger partial charge in [0.1, 0.15) is 5.82 Å². The predicted octanol–water partition coefficient (Wildman–Crippen LogP) is 3.01. The number of benzene rings is 1. The zero-order valence-electron chi connectivity index (χ0n) is 9.35. The van der Waals surface area contributed by atoms with Gasteiger partial charge in [-0.25, -0.2) is 9.18 Å². The zero-order valence-corrected chi connectivity index (χ0v) is 9.35. The van der Waals surface area contributed by atoms with Crippen LogP contribution in [0.3, 0.4) is 0 Å². The Hall–Kier alpha value is -2.10. The molecule has 3 nitrogen and oxygen atoms in total. The number of aryl methyl sites for hydroxylation is 1. The molecule has 4 heteroatoms. The van der Waals surface area contributed by atoms with Gasteiger partial charge in [-0.05, 0) is 24.6 Å². The molecule has 0 fully saturated rings. The Labute approximate surface area is 98.1 Å². The summed E-state index contributed by atoms with van der Waals surface area (Å²) in [6.45, 7) is 2.63. The molecule has 0 radical (unpaired) electrons. The van der Waals surface area contributed by atoms with Gasteiger partial charge in [0.2, 0.25) is 0 Å². The van der Waals surface area contributed by atoms with E-state index in [1.54, 1.807) is 29.1 Å². The molecule has 1 aromatic carbocycles. The molecule has 0 amide bonds. The van der Waals surface area contributed by atoms with Crippen molar-refractivity contribution < 1.29 is 14.3 Å². The molecule has 0 unspecified atom stereocenters. The van der Waals surface area contributed by atoms with E-state index in [0.29, 0.717) is 17.7 Å². The number of hydrogen-bond acceptors (Lipinski definition) is 1. The second kappa shape index (κ2) is 4.41. The van der Waals surface area contributed by atoms with Gasteiger partial charge in [0.05, 0.1) is 5.56 Å². The minimum absolute atomic E-state index is 0.235. The van der Waals surface area contributed by atoms with Crippen LogP contribution in [0.1, 0.15) is 17.3 Å². The van der Waals surface area contributed by atoms with Crippen LogP contribution >= 0.6 is 0 Å². The molecule has 1 N–H and O–H groups in total. The number of nitrogens with zero attached hydrogens (tertiary/aromatic N) is 1. The fraction of sp³-hybridized carbons (Fsp3) is 0.154. The largest absolute Gasteiger partial charge is 0.478 e. The molecule has 0 aliphatic rings. The van der Waals surface area contributed by atoms with Gasteiger partial charge in [-0.3, -0.25) is 0 Å². The molecular formula is C13H12FNO2. The van der Waals surface area contributed by atoms with E-state index in [9.17, 15) is 9.18 Å². The van der Waals surface area contributed by atoms with Crippen molar-refractivity contribution in [2.45, 2.75) is 13.5 Å². The van der Waals surface area contributed by atoms with Crippen LogP contribution in [0.15, 0.2) is 36.7 Å². The van der Waals surface area contributed by atoms with E-state index in [1.165, 1.54) is 12.1 Å². The molecule has 1 heterocycles. The van der Waals surface area contributed by atoms with Gasteiger partial charge in [-0.2, -0.15) is 0 Å². The highest BCUT2D eigenvalue weighted by molar-refractivity contribution is 5.95. The van der Waals surface area contributed by atoms with Crippen molar-refractivity contribution in [3.05, 3.63) is 48.0 Å². The van der Waals surface area contributed by atoms with Crippen molar-refractivity contribution in [1.29, 1.82) is 0 Å². The molecule has 0 saturated carbocycles. The molecule has 2 rings (SSSR count). The topological polar surface area (TPSA) is 42.2 Å². The van der Waals surface area contributed by atoms with Crippen LogP contribution in [-0.2, 0) is 6.54 Å². The lowest BCUT2D eigenvalue weighted by atomic mass is 10.1. The van der Waals surface area contributed by atoms with E-state index < -0.39 is 5.97 Å². The van der Waals surface area contributed by atoms with Crippen molar-refractivity contribution in [3.63, 3.8) is 0 Å². The number of carboxylic acids is 1. The maximum Gasteiger partial charge on any atom is 0.337 e. The Morgan fingerprint density at radius 2 is 1.94 bits per heavy atom. The van der Waals surface area contributed by atoms with Gasteiger partial charge < -0.3 is 9.67 Å². The summed E-state index contributed by atoms with van der Waals surface area (Å²) in [7, 11) is 0. The second-order valence-corrected chi connectivity index (χ2v) is 3.73. The SMILES string of the molecule is CCn1cc(C(=O)O)c(-c2ccc(F)cc2)c1. The van der Waals surface area contributed by atoms with Crippen molar-refractivity contribution in [2.75, 3.05) is 0 Å². The molecule has 0 saturated heterocycles. The summed E-state index contributed by atoms with van der Waals surface area (Å²) < 4.78 is 14.6. The lowest BCUT2D eigenvalue weighted by molar-refractivity contribution is 0.0697. The van der Waals surface area contributed by atoms with Gasteiger partial charge in [0, 0.05) is 24.5 Å². The van der Waals surface area contributed by atoms with Gasteiger partial charge in [0.15, 0.2) is 0 Å². The molecule has 0 bridgehead atoms. The van der Waals surface area contributed by atoms with E-state index in [0.717, 1.165) is 0 Å². The summed E-state index contributed by atoms with van der Waals surface area (Å²) in [4.78, 5) is 11.1. The third-order valence-corrected chi connectivity index (χ3v) is 2.63. The van der Waals surface area contributed by atoms with E-state index in [1.807, 2.05) is 6.92 Å². The lowest BCUT2D eigenvalue weighted by Gasteiger charge is -2.00. The highest BCUT2D eigenvalue weighted by Crippen LogP contribution is 2.25.